The summed E-state index contributed by atoms with van der Waals surface area (Å²) in [6, 6.07) is 0.312. The molecular weight excluding hydrogens is 464 g/mol. The predicted molar refractivity (Wildman–Crippen MR) is 128 cm³/mol. The van der Waals surface area contributed by atoms with Gasteiger partial charge in [0.05, 0.1) is 33.0 Å². The van der Waals surface area contributed by atoms with Gasteiger partial charge in [0.2, 0.25) is 0 Å². The van der Waals surface area contributed by atoms with Crippen molar-refractivity contribution >= 4 is 20.7 Å². The fourth-order valence-electron chi connectivity index (χ4n) is 2.59. The zero-order valence-corrected chi connectivity index (χ0v) is 22.6. The highest BCUT2D eigenvalue weighted by Crippen LogP contribution is 2.28. The van der Waals surface area contributed by atoms with Crippen LogP contribution in [0, 0.1) is 0 Å². The third kappa shape index (κ3) is 12.7. The number of rotatable bonds is 21. The first-order valence-corrected chi connectivity index (χ1v) is 13.5. The summed E-state index contributed by atoms with van der Waals surface area (Å²) in [4.78, 5) is 23.2. The summed E-state index contributed by atoms with van der Waals surface area (Å²) in [5.41, 5.74) is 0.667. The van der Waals surface area contributed by atoms with E-state index in [1.165, 1.54) is 7.11 Å². The molecular formula is C23H42O10Si. The van der Waals surface area contributed by atoms with Gasteiger partial charge >= 0.3 is 26.9 Å². The van der Waals surface area contributed by atoms with Crippen molar-refractivity contribution in [2.45, 2.75) is 66.1 Å². The van der Waals surface area contributed by atoms with Gasteiger partial charge in [-0.15, -0.1) is 0 Å². The molecule has 0 N–H and O–H groups in total. The van der Waals surface area contributed by atoms with E-state index < -0.39 is 26.9 Å². The van der Waals surface area contributed by atoms with E-state index in [2.05, 4.69) is 13.2 Å². The summed E-state index contributed by atoms with van der Waals surface area (Å²) in [5, 5.41) is 0. The van der Waals surface area contributed by atoms with Crippen LogP contribution in [0.1, 0.15) is 53.9 Å². The highest BCUT2D eigenvalue weighted by Gasteiger charge is 2.51. The summed E-state index contributed by atoms with van der Waals surface area (Å²) < 4.78 is 45.4. The fraction of sp³-hybridized carbons (Fsp3) is 0.739. The number of hydrogen-bond donors (Lipinski definition) is 0. The average Bonchev–Trinajstić information content (AvgIpc) is 2.78. The zero-order chi connectivity index (χ0) is 26.0. The molecule has 34 heavy (non-hydrogen) atoms. The minimum Gasteiger partial charge on any atom is -0.462 e. The maximum absolute atomic E-state index is 11.7. The summed E-state index contributed by atoms with van der Waals surface area (Å²) in [6.07, 6.45) is -0.209. The van der Waals surface area contributed by atoms with Gasteiger partial charge in [0.15, 0.2) is 0 Å². The lowest BCUT2D eigenvalue weighted by atomic mass is 10.3. The van der Waals surface area contributed by atoms with E-state index >= 15 is 0 Å². The lowest BCUT2D eigenvalue weighted by Gasteiger charge is -2.38. The number of esters is 2. The molecule has 0 aromatic rings. The van der Waals surface area contributed by atoms with E-state index in [1.807, 2.05) is 0 Å². The smallest absolute Gasteiger partial charge is 0.462 e. The molecule has 0 aliphatic rings. The summed E-state index contributed by atoms with van der Waals surface area (Å²) in [7, 11) is -1.94. The topological polar surface area (TPSA) is 108 Å². The quantitative estimate of drug-likeness (QED) is 0.0751. The molecule has 0 aliphatic carbocycles. The van der Waals surface area contributed by atoms with Crippen LogP contribution in [0.25, 0.3) is 0 Å². The molecule has 0 radical (unpaired) electrons. The Morgan fingerprint density at radius 2 is 1.21 bits per heavy atom. The molecule has 0 aliphatic heterocycles. The molecule has 0 fully saturated rings. The van der Waals surface area contributed by atoms with E-state index in [4.69, 9.17) is 37.0 Å². The molecule has 0 bridgehead atoms. The third-order valence-electron chi connectivity index (χ3n) is 4.21. The van der Waals surface area contributed by atoms with E-state index in [0.29, 0.717) is 36.5 Å². The van der Waals surface area contributed by atoms with Crippen molar-refractivity contribution in [1.82, 2.24) is 0 Å². The van der Waals surface area contributed by atoms with E-state index in [1.54, 1.807) is 34.6 Å². The van der Waals surface area contributed by atoms with Gasteiger partial charge < -0.3 is 32.5 Å². The van der Waals surface area contributed by atoms with E-state index in [-0.39, 0.29) is 39.6 Å². The number of unbranched alkanes of at least 4 members (excludes halogenated alkanes) is 1. The largest absolute Gasteiger partial charge is 0.506 e. The summed E-state index contributed by atoms with van der Waals surface area (Å²) >= 11 is 0. The Bertz CT molecular complexity index is 622. The highest BCUT2D eigenvalue weighted by atomic mass is 28.4. The summed E-state index contributed by atoms with van der Waals surface area (Å²) in [6.45, 7) is 17.1. The van der Waals surface area contributed by atoms with Gasteiger partial charge in [-0.05, 0) is 53.9 Å². The molecule has 1 atom stereocenters. The lowest BCUT2D eigenvalue weighted by Crippen LogP contribution is -2.56. The lowest BCUT2D eigenvalue weighted by molar-refractivity contribution is -0.478. The van der Waals surface area contributed by atoms with Crippen LogP contribution < -0.4 is 0 Å². The Morgan fingerprint density at radius 3 is 1.62 bits per heavy atom. The molecule has 0 aromatic carbocycles. The Morgan fingerprint density at radius 1 is 0.765 bits per heavy atom. The van der Waals surface area contributed by atoms with Crippen molar-refractivity contribution in [3.8, 4) is 0 Å². The van der Waals surface area contributed by atoms with Crippen LogP contribution in [-0.2, 0) is 46.6 Å². The van der Waals surface area contributed by atoms with Crippen molar-refractivity contribution in [2.24, 2.45) is 0 Å². The minimum absolute atomic E-state index is 0.137. The number of carbonyl (C=O) groups excluding carboxylic acids is 2. The first-order valence-electron chi connectivity index (χ1n) is 11.6. The maximum atomic E-state index is 11.7. The molecule has 0 aromatic heterocycles. The Labute approximate surface area is 204 Å². The van der Waals surface area contributed by atoms with Gasteiger partial charge in [-0.3, -0.25) is 4.43 Å². The maximum Gasteiger partial charge on any atom is 0.506 e. The van der Waals surface area contributed by atoms with Gasteiger partial charge in [0.1, 0.15) is 0 Å². The van der Waals surface area contributed by atoms with E-state index in [9.17, 15) is 9.59 Å². The fourth-order valence-corrected chi connectivity index (χ4v) is 4.89. The molecule has 0 spiro atoms. The van der Waals surface area contributed by atoms with Gasteiger partial charge in [0.25, 0.3) is 0 Å². The normalized spacial score (nSPS) is 13.2. The van der Waals surface area contributed by atoms with Crippen LogP contribution >= 0.6 is 0 Å². The molecule has 0 saturated heterocycles. The zero-order valence-electron chi connectivity index (χ0n) is 21.6. The molecule has 0 amide bonds. The standard InChI is InChI=1S/C23H42O10Si/c1-9-29-23(30-10-2,31-11-3)33-34(26-8,18-14-16-28-22(25)20(6)7)32-17-13-12-15-27-21(24)19(4)5/h4,6,9-18H2,1-3,5,7-8H3. The number of carbonyl (C=O) groups is 2. The molecule has 198 valence electrons. The van der Waals surface area contributed by atoms with E-state index in [0.717, 1.165) is 0 Å². The molecule has 0 heterocycles. The second kappa shape index (κ2) is 17.8. The SMILES string of the molecule is C=C(C)C(=O)OCCCCO[Si](CCCOC(=O)C(=C)C)(OC)OC(OCC)(OCC)OCC. The molecule has 1 unspecified atom stereocenters. The second-order valence-corrected chi connectivity index (χ2v) is 10.0. The van der Waals surface area contributed by atoms with Crippen molar-refractivity contribution in [1.29, 1.82) is 0 Å². The van der Waals surface area contributed by atoms with Crippen molar-refractivity contribution in [2.75, 3.05) is 46.8 Å². The predicted octanol–water partition coefficient (Wildman–Crippen LogP) is 3.73. The summed E-state index contributed by atoms with van der Waals surface area (Å²) in [5.74, 6) is -0.896. The van der Waals surface area contributed by atoms with Gasteiger partial charge in [-0.2, -0.15) is 0 Å². The van der Waals surface area contributed by atoms with Crippen molar-refractivity contribution in [3.63, 3.8) is 0 Å². The Kier molecular flexibility index (Phi) is 16.9. The van der Waals surface area contributed by atoms with Gasteiger partial charge in [0, 0.05) is 30.9 Å². The monoisotopic (exact) mass is 506 g/mol. The minimum atomic E-state index is -3.43. The second-order valence-electron chi connectivity index (χ2n) is 7.28. The molecule has 10 nitrogen and oxygen atoms in total. The first-order chi connectivity index (χ1) is 16.1. The third-order valence-corrected chi connectivity index (χ3v) is 7.00. The van der Waals surface area contributed by atoms with Crippen molar-refractivity contribution < 1.29 is 46.6 Å². The highest BCUT2D eigenvalue weighted by molar-refractivity contribution is 6.60. The molecule has 11 heteroatoms. The average molecular weight is 507 g/mol. The van der Waals surface area contributed by atoms with Crippen LogP contribution in [-0.4, -0.2) is 73.7 Å². The van der Waals surface area contributed by atoms with Crippen LogP contribution in [0.4, 0.5) is 0 Å². The number of ether oxygens (including phenoxy) is 5. The van der Waals surface area contributed by atoms with Crippen LogP contribution in [0.15, 0.2) is 24.3 Å². The number of hydrogen-bond acceptors (Lipinski definition) is 10. The molecule has 0 rings (SSSR count). The Hall–Kier alpha value is -1.60. The Balaban J connectivity index is 5.27. The van der Waals surface area contributed by atoms with Gasteiger partial charge in [-0.25, -0.2) is 9.59 Å². The molecule has 0 saturated carbocycles. The van der Waals surface area contributed by atoms with Crippen LogP contribution in [0.2, 0.25) is 6.04 Å². The van der Waals surface area contributed by atoms with Crippen molar-refractivity contribution in [3.05, 3.63) is 24.3 Å². The van der Waals surface area contributed by atoms with Gasteiger partial charge in [-0.1, -0.05) is 13.2 Å². The van der Waals surface area contributed by atoms with Crippen LogP contribution in [0.5, 0.6) is 0 Å². The first kappa shape index (κ1) is 32.4. The van der Waals surface area contributed by atoms with Crippen LogP contribution in [0.3, 0.4) is 0 Å².